The molecule has 0 aliphatic carbocycles. The zero-order chi connectivity index (χ0) is 14.9. The SMILES string of the molecule is N#CCc1c(-c2ccccc2)nc2scc(-c3cccs3)n12. The van der Waals surface area contributed by atoms with Crippen molar-refractivity contribution in [3.8, 4) is 27.9 Å². The van der Waals surface area contributed by atoms with Gasteiger partial charge in [-0.05, 0) is 11.4 Å². The molecule has 0 N–H and O–H groups in total. The van der Waals surface area contributed by atoms with E-state index in [1.807, 2.05) is 36.4 Å². The van der Waals surface area contributed by atoms with Crippen LogP contribution in [0.15, 0.2) is 53.2 Å². The Morgan fingerprint density at radius 3 is 2.68 bits per heavy atom. The molecule has 0 bridgehead atoms. The van der Waals surface area contributed by atoms with Gasteiger partial charge >= 0.3 is 0 Å². The molecule has 3 heterocycles. The fourth-order valence-electron chi connectivity index (χ4n) is 2.58. The summed E-state index contributed by atoms with van der Waals surface area (Å²) in [5, 5.41) is 13.4. The highest BCUT2D eigenvalue weighted by Gasteiger charge is 2.18. The van der Waals surface area contributed by atoms with Gasteiger partial charge in [0.15, 0.2) is 4.96 Å². The number of thiazole rings is 1. The van der Waals surface area contributed by atoms with Crippen molar-refractivity contribution in [2.24, 2.45) is 0 Å². The third-order valence-electron chi connectivity index (χ3n) is 3.53. The number of hydrogen-bond acceptors (Lipinski definition) is 4. The first-order valence-corrected chi connectivity index (χ1v) is 8.59. The zero-order valence-corrected chi connectivity index (χ0v) is 13.2. The molecule has 3 nitrogen and oxygen atoms in total. The first-order valence-electron chi connectivity index (χ1n) is 6.83. The monoisotopic (exact) mass is 321 g/mol. The highest BCUT2D eigenvalue weighted by molar-refractivity contribution is 7.17. The van der Waals surface area contributed by atoms with E-state index in [1.54, 1.807) is 22.7 Å². The van der Waals surface area contributed by atoms with Crippen LogP contribution in [-0.4, -0.2) is 9.38 Å². The molecule has 0 fully saturated rings. The summed E-state index contributed by atoms with van der Waals surface area (Å²) in [7, 11) is 0. The van der Waals surface area contributed by atoms with E-state index in [1.165, 1.54) is 4.88 Å². The van der Waals surface area contributed by atoms with Gasteiger partial charge in [0, 0.05) is 10.9 Å². The summed E-state index contributed by atoms with van der Waals surface area (Å²) in [5.41, 5.74) is 4.05. The molecule has 4 aromatic rings. The van der Waals surface area contributed by atoms with Gasteiger partial charge in [0.1, 0.15) is 0 Å². The molecule has 3 aromatic heterocycles. The number of nitriles is 1. The number of nitrogens with zero attached hydrogens (tertiary/aromatic N) is 3. The number of fused-ring (bicyclic) bond motifs is 1. The van der Waals surface area contributed by atoms with Crippen LogP contribution >= 0.6 is 22.7 Å². The highest BCUT2D eigenvalue weighted by atomic mass is 32.1. The topological polar surface area (TPSA) is 41.1 Å². The standard InChI is InChI=1S/C17H11N3S2/c18-9-8-13-16(12-5-2-1-3-6-12)19-17-20(13)14(11-22-17)15-7-4-10-21-15/h1-7,10-11H,8H2. The quantitative estimate of drug-likeness (QED) is 0.541. The highest BCUT2D eigenvalue weighted by Crippen LogP contribution is 2.34. The van der Waals surface area contributed by atoms with Crippen LogP contribution in [0, 0.1) is 11.3 Å². The molecule has 0 aliphatic rings. The van der Waals surface area contributed by atoms with Gasteiger partial charge in [-0.2, -0.15) is 5.26 Å². The lowest BCUT2D eigenvalue weighted by Crippen LogP contribution is -1.94. The second kappa shape index (κ2) is 5.41. The van der Waals surface area contributed by atoms with Crippen LogP contribution in [0.5, 0.6) is 0 Å². The molecule has 0 saturated carbocycles. The summed E-state index contributed by atoms with van der Waals surface area (Å²) >= 11 is 3.32. The molecule has 4 rings (SSSR count). The van der Waals surface area contributed by atoms with E-state index in [9.17, 15) is 5.26 Å². The van der Waals surface area contributed by atoms with Crippen molar-refractivity contribution >= 4 is 27.6 Å². The molecule has 0 atom stereocenters. The van der Waals surface area contributed by atoms with E-state index in [2.05, 4.69) is 27.3 Å². The first-order chi connectivity index (χ1) is 10.9. The minimum atomic E-state index is 0.348. The maximum Gasteiger partial charge on any atom is 0.195 e. The molecular weight excluding hydrogens is 310 g/mol. The lowest BCUT2D eigenvalue weighted by atomic mass is 10.1. The predicted molar refractivity (Wildman–Crippen MR) is 91.1 cm³/mol. The number of hydrogen-bond donors (Lipinski definition) is 0. The van der Waals surface area contributed by atoms with Gasteiger partial charge in [0.25, 0.3) is 0 Å². The summed E-state index contributed by atoms with van der Waals surface area (Å²) in [6, 6.07) is 16.5. The van der Waals surface area contributed by atoms with Crippen molar-refractivity contribution in [2.75, 3.05) is 0 Å². The Bertz CT molecular complexity index is 957. The molecule has 1 aromatic carbocycles. The van der Waals surface area contributed by atoms with Crippen LogP contribution in [0.25, 0.3) is 26.8 Å². The Hall–Kier alpha value is -2.42. The normalized spacial score (nSPS) is 10.9. The van der Waals surface area contributed by atoms with Gasteiger partial charge in [0.05, 0.1) is 34.4 Å². The van der Waals surface area contributed by atoms with Gasteiger partial charge in [-0.3, -0.25) is 4.40 Å². The van der Waals surface area contributed by atoms with Crippen molar-refractivity contribution in [3.05, 3.63) is 58.9 Å². The predicted octanol–water partition coefficient (Wildman–Crippen LogP) is 4.86. The van der Waals surface area contributed by atoms with Crippen molar-refractivity contribution in [2.45, 2.75) is 6.42 Å². The van der Waals surface area contributed by atoms with Crippen molar-refractivity contribution < 1.29 is 0 Å². The number of benzene rings is 1. The Morgan fingerprint density at radius 2 is 1.95 bits per heavy atom. The number of aromatic nitrogens is 2. The number of thiophene rings is 1. The molecule has 0 spiro atoms. The van der Waals surface area contributed by atoms with Crippen LogP contribution in [0.1, 0.15) is 5.69 Å². The summed E-state index contributed by atoms with van der Waals surface area (Å²) in [6.07, 6.45) is 0.348. The third kappa shape index (κ3) is 2.05. The van der Waals surface area contributed by atoms with E-state index >= 15 is 0 Å². The fourth-order valence-corrected chi connectivity index (χ4v) is 4.29. The van der Waals surface area contributed by atoms with E-state index in [-0.39, 0.29) is 0 Å². The Balaban J connectivity index is 2.00. The average Bonchev–Trinajstić information content (AvgIpc) is 3.25. The van der Waals surface area contributed by atoms with Crippen LogP contribution in [-0.2, 0) is 6.42 Å². The Labute approximate surface area is 135 Å². The molecule has 5 heteroatoms. The average molecular weight is 321 g/mol. The summed E-state index contributed by atoms with van der Waals surface area (Å²) in [5.74, 6) is 0. The van der Waals surface area contributed by atoms with E-state index in [4.69, 9.17) is 4.98 Å². The smallest absolute Gasteiger partial charge is 0.195 e. The maximum absolute atomic E-state index is 9.24. The lowest BCUT2D eigenvalue weighted by Gasteiger charge is -2.03. The van der Waals surface area contributed by atoms with Crippen LogP contribution in [0.4, 0.5) is 0 Å². The second-order valence-electron chi connectivity index (χ2n) is 4.82. The largest absolute Gasteiger partial charge is 0.285 e. The van der Waals surface area contributed by atoms with Crippen LogP contribution in [0.2, 0.25) is 0 Å². The van der Waals surface area contributed by atoms with Crippen molar-refractivity contribution in [1.29, 1.82) is 5.26 Å². The summed E-state index contributed by atoms with van der Waals surface area (Å²) in [6.45, 7) is 0. The number of imidazole rings is 1. The van der Waals surface area contributed by atoms with Crippen molar-refractivity contribution in [1.82, 2.24) is 9.38 Å². The van der Waals surface area contributed by atoms with Crippen LogP contribution in [0.3, 0.4) is 0 Å². The van der Waals surface area contributed by atoms with E-state index in [0.29, 0.717) is 6.42 Å². The molecule has 0 amide bonds. The molecule has 0 aliphatic heterocycles. The molecule has 0 unspecified atom stereocenters. The molecule has 0 radical (unpaired) electrons. The van der Waals surface area contributed by atoms with Crippen molar-refractivity contribution in [3.63, 3.8) is 0 Å². The minimum absolute atomic E-state index is 0.348. The van der Waals surface area contributed by atoms with Gasteiger partial charge < -0.3 is 0 Å². The Morgan fingerprint density at radius 1 is 1.09 bits per heavy atom. The fraction of sp³-hybridized carbons (Fsp3) is 0.0588. The second-order valence-corrected chi connectivity index (χ2v) is 6.61. The molecule has 0 saturated heterocycles. The molecule has 106 valence electrons. The van der Waals surface area contributed by atoms with Crippen LogP contribution < -0.4 is 0 Å². The van der Waals surface area contributed by atoms with E-state index in [0.717, 1.165) is 27.6 Å². The van der Waals surface area contributed by atoms with Gasteiger partial charge in [-0.15, -0.1) is 22.7 Å². The van der Waals surface area contributed by atoms with Gasteiger partial charge in [0.2, 0.25) is 0 Å². The third-order valence-corrected chi connectivity index (χ3v) is 5.24. The first kappa shape index (κ1) is 13.3. The zero-order valence-electron chi connectivity index (χ0n) is 11.6. The number of rotatable bonds is 3. The Kier molecular flexibility index (Phi) is 3.26. The van der Waals surface area contributed by atoms with Gasteiger partial charge in [-0.1, -0.05) is 36.4 Å². The molecular formula is C17H11N3S2. The summed E-state index contributed by atoms with van der Waals surface area (Å²) in [4.78, 5) is 6.90. The minimum Gasteiger partial charge on any atom is -0.285 e. The maximum atomic E-state index is 9.24. The summed E-state index contributed by atoms with van der Waals surface area (Å²) < 4.78 is 2.13. The molecule has 22 heavy (non-hydrogen) atoms. The lowest BCUT2D eigenvalue weighted by molar-refractivity contribution is 1.08. The van der Waals surface area contributed by atoms with E-state index < -0.39 is 0 Å². The van der Waals surface area contributed by atoms with Gasteiger partial charge in [-0.25, -0.2) is 4.98 Å².